The number of nitrogens with zero attached hydrogens (tertiary/aromatic N) is 1. The fourth-order valence-corrected chi connectivity index (χ4v) is 2.85. The molecule has 0 aromatic rings. The standard InChI is InChI=1S/C18H37N3O3/c1-3-7-16(9-11-22)14-21-18(19-4-2)20-10-6-12-23-15-17-8-5-13-24-17/h16-17,22H,3-15H2,1-2H3,(H2,19,20,21). The largest absolute Gasteiger partial charge is 0.396 e. The Labute approximate surface area is 147 Å². The zero-order valence-electron chi connectivity index (χ0n) is 15.6. The van der Waals surface area contributed by atoms with Crippen LogP contribution >= 0.6 is 0 Å². The van der Waals surface area contributed by atoms with Crippen molar-refractivity contribution in [3.63, 3.8) is 0 Å². The Balaban J connectivity index is 2.17. The molecular weight excluding hydrogens is 306 g/mol. The molecule has 1 saturated heterocycles. The Bertz CT molecular complexity index is 315. The van der Waals surface area contributed by atoms with Crippen LogP contribution in [-0.4, -0.2) is 63.2 Å². The Hall–Kier alpha value is -0.850. The quantitative estimate of drug-likeness (QED) is 0.271. The number of aliphatic hydroxyl groups excluding tert-OH is 1. The molecule has 24 heavy (non-hydrogen) atoms. The molecular formula is C18H37N3O3. The van der Waals surface area contributed by atoms with E-state index in [0.717, 1.165) is 77.3 Å². The lowest BCUT2D eigenvalue weighted by atomic mass is 10.0. The molecule has 6 heteroatoms. The van der Waals surface area contributed by atoms with E-state index in [1.807, 2.05) is 0 Å². The van der Waals surface area contributed by atoms with E-state index >= 15 is 0 Å². The number of hydrogen-bond acceptors (Lipinski definition) is 4. The topological polar surface area (TPSA) is 75.1 Å². The minimum atomic E-state index is 0.242. The molecule has 0 aromatic heterocycles. The maximum atomic E-state index is 9.13. The third kappa shape index (κ3) is 10.1. The first-order chi connectivity index (χ1) is 11.8. The van der Waals surface area contributed by atoms with Gasteiger partial charge in [0.15, 0.2) is 5.96 Å². The zero-order chi connectivity index (χ0) is 17.5. The molecule has 0 radical (unpaired) electrons. The maximum Gasteiger partial charge on any atom is 0.191 e. The monoisotopic (exact) mass is 343 g/mol. The summed E-state index contributed by atoms with van der Waals surface area (Å²) >= 11 is 0. The molecule has 0 saturated carbocycles. The van der Waals surface area contributed by atoms with Gasteiger partial charge in [-0.3, -0.25) is 4.99 Å². The van der Waals surface area contributed by atoms with Crippen LogP contribution in [0.4, 0.5) is 0 Å². The van der Waals surface area contributed by atoms with Crippen molar-refractivity contribution in [2.75, 3.05) is 46.1 Å². The average Bonchev–Trinajstić information content (AvgIpc) is 3.09. The van der Waals surface area contributed by atoms with E-state index in [0.29, 0.717) is 18.6 Å². The van der Waals surface area contributed by atoms with E-state index in [9.17, 15) is 0 Å². The van der Waals surface area contributed by atoms with E-state index in [1.165, 1.54) is 0 Å². The second-order valence-electron chi connectivity index (χ2n) is 6.38. The van der Waals surface area contributed by atoms with Crippen LogP contribution in [0.5, 0.6) is 0 Å². The fourth-order valence-electron chi connectivity index (χ4n) is 2.85. The zero-order valence-corrected chi connectivity index (χ0v) is 15.6. The fraction of sp³-hybridized carbons (Fsp3) is 0.944. The van der Waals surface area contributed by atoms with Crippen molar-refractivity contribution in [1.29, 1.82) is 0 Å². The van der Waals surface area contributed by atoms with Gasteiger partial charge in [0.1, 0.15) is 0 Å². The molecule has 1 fully saturated rings. The predicted molar refractivity (Wildman–Crippen MR) is 98.5 cm³/mol. The first-order valence-electron chi connectivity index (χ1n) is 9.62. The number of nitrogens with one attached hydrogen (secondary N) is 2. The molecule has 1 rings (SSSR count). The number of aliphatic imine (C=N–C) groups is 1. The average molecular weight is 344 g/mol. The van der Waals surface area contributed by atoms with Gasteiger partial charge in [-0.15, -0.1) is 0 Å². The number of aliphatic hydroxyl groups is 1. The SMILES string of the molecule is CCCC(CCO)CN=C(NCC)NCCCOCC1CCCO1. The van der Waals surface area contributed by atoms with Crippen molar-refractivity contribution in [3.05, 3.63) is 0 Å². The minimum Gasteiger partial charge on any atom is -0.396 e. The summed E-state index contributed by atoms with van der Waals surface area (Å²) in [5.74, 6) is 1.32. The van der Waals surface area contributed by atoms with Crippen molar-refractivity contribution >= 4 is 5.96 Å². The number of hydrogen-bond donors (Lipinski definition) is 3. The second kappa shape index (κ2) is 14.5. The predicted octanol–water partition coefficient (Wildman–Crippen LogP) is 1.93. The van der Waals surface area contributed by atoms with Gasteiger partial charge in [0, 0.05) is 39.5 Å². The van der Waals surface area contributed by atoms with Gasteiger partial charge >= 0.3 is 0 Å². The third-order valence-electron chi connectivity index (χ3n) is 4.17. The van der Waals surface area contributed by atoms with E-state index in [4.69, 9.17) is 14.6 Å². The Kier molecular flexibility index (Phi) is 12.8. The van der Waals surface area contributed by atoms with Crippen molar-refractivity contribution in [1.82, 2.24) is 10.6 Å². The molecule has 142 valence electrons. The summed E-state index contributed by atoms with van der Waals surface area (Å²) in [6, 6.07) is 0. The maximum absolute atomic E-state index is 9.13. The molecule has 1 heterocycles. The number of rotatable bonds is 13. The van der Waals surface area contributed by atoms with Crippen molar-refractivity contribution in [3.8, 4) is 0 Å². The van der Waals surface area contributed by atoms with Crippen LogP contribution < -0.4 is 10.6 Å². The van der Waals surface area contributed by atoms with Gasteiger partial charge in [-0.2, -0.15) is 0 Å². The summed E-state index contributed by atoms with van der Waals surface area (Å²) in [4.78, 5) is 4.65. The van der Waals surface area contributed by atoms with Gasteiger partial charge in [0.25, 0.3) is 0 Å². The minimum absolute atomic E-state index is 0.242. The summed E-state index contributed by atoms with van der Waals surface area (Å²) in [5, 5.41) is 15.8. The lowest BCUT2D eigenvalue weighted by molar-refractivity contribution is 0.0168. The molecule has 1 aliphatic rings. The molecule has 0 bridgehead atoms. The summed E-state index contributed by atoms with van der Waals surface area (Å²) in [5.41, 5.74) is 0. The highest BCUT2D eigenvalue weighted by Crippen LogP contribution is 2.12. The highest BCUT2D eigenvalue weighted by molar-refractivity contribution is 5.79. The lowest BCUT2D eigenvalue weighted by Gasteiger charge is -2.15. The molecule has 3 N–H and O–H groups in total. The van der Waals surface area contributed by atoms with Gasteiger partial charge in [0.05, 0.1) is 12.7 Å². The first-order valence-corrected chi connectivity index (χ1v) is 9.62. The molecule has 0 spiro atoms. The summed E-state index contributed by atoms with van der Waals surface area (Å²) in [7, 11) is 0. The molecule has 6 nitrogen and oxygen atoms in total. The van der Waals surface area contributed by atoms with Crippen LogP contribution in [0.2, 0.25) is 0 Å². The van der Waals surface area contributed by atoms with E-state index < -0.39 is 0 Å². The van der Waals surface area contributed by atoms with Crippen LogP contribution in [-0.2, 0) is 9.47 Å². The van der Waals surface area contributed by atoms with Crippen LogP contribution in [0.25, 0.3) is 0 Å². The van der Waals surface area contributed by atoms with Crippen molar-refractivity contribution in [2.45, 2.75) is 58.5 Å². The molecule has 2 atom stereocenters. The van der Waals surface area contributed by atoms with Crippen LogP contribution in [0.15, 0.2) is 4.99 Å². The van der Waals surface area contributed by atoms with E-state index in [1.54, 1.807) is 0 Å². The van der Waals surface area contributed by atoms with Crippen molar-refractivity contribution in [2.24, 2.45) is 10.9 Å². The molecule has 2 unspecified atom stereocenters. The number of guanidine groups is 1. The molecule has 0 aliphatic carbocycles. The summed E-state index contributed by atoms with van der Waals surface area (Å²) in [6.07, 6.45) is 6.61. The molecule has 0 aromatic carbocycles. The van der Waals surface area contributed by atoms with Crippen LogP contribution in [0, 0.1) is 5.92 Å². The first kappa shape index (κ1) is 21.2. The van der Waals surface area contributed by atoms with E-state index in [-0.39, 0.29) is 6.61 Å². The molecule has 1 aliphatic heterocycles. The highest BCUT2D eigenvalue weighted by atomic mass is 16.5. The van der Waals surface area contributed by atoms with Crippen LogP contribution in [0.1, 0.15) is 52.4 Å². The van der Waals surface area contributed by atoms with Gasteiger partial charge in [-0.25, -0.2) is 0 Å². The third-order valence-corrected chi connectivity index (χ3v) is 4.17. The van der Waals surface area contributed by atoms with Gasteiger partial charge in [0.2, 0.25) is 0 Å². The smallest absolute Gasteiger partial charge is 0.191 e. The summed E-state index contributed by atoms with van der Waals surface area (Å²) in [6.45, 7) is 9.28. The Morgan fingerprint density at radius 1 is 1.33 bits per heavy atom. The van der Waals surface area contributed by atoms with Gasteiger partial charge in [-0.05, 0) is 44.9 Å². The second-order valence-corrected chi connectivity index (χ2v) is 6.38. The van der Waals surface area contributed by atoms with E-state index in [2.05, 4.69) is 29.5 Å². The number of ether oxygens (including phenoxy) is 2. The highest BCUT2D eigenvalue weighted by Gasteiger charge is 2.14. The van der Waals surface area contributed by atoms with Gasteiger partial charge in [-0.1, -0.05) is 13.3 Å². The van der Waals surface area contributed by atoms with Gasteiger partial charge < -0.3 is 25.2 Å². The van der Waals surface area contributed by atoms with Crippen molar-refractivity contribution < 1.29 is 14.6 Å². The lowest BCUT2D eigenvalue weighted by Crippen LogP contribution is -2.38. The Morgan fingerprint density at radius 3 is 2.88 bits per heavy atom. The Morgan fingerprint density at radius 2 is 2.21 bits per heavy atom. The molecule has 0 amide bonds. The normalized spacial score (nSPS) is 19.5. The van der Waals surface area contributed by atoms with Crippen LogP contribution in [0.3, 0.4) is 0 Å². The summed E-state index contributed by atoms with van der Waals surface area (Å²) < 4.78 is 11.2.